The summed E-state index contributed by atoms with van der Waals surface area (Å²) >= 11 is 5.21. The van der Waals surface area contributed by atoms with E-state index in [2.05, 4.69) is 38.3 Å². The molecule has 148 valence electrons. The first-order chi connectivity index (χ1) is 14.2. The van der Waals surface area contributed by atoms with Gasteiger partial charge in [-0.15, -0.1) is 5.10 Å². The lowest BCUT2D eigenvalue weighted by atomic mass is 10.2. The lowest BCUT2D eigenvalue weighted by Gasteiger charge is -2.08. The molecule has 0 saturated carbocycles. The van der Waals surface area contributed by atoms with Gasteiger partial charge in [-0.05, 0) is 61.1 Å². The first kappa shape index (κ1) is 20.2. The molecule has 29 heavy (non-hydrogen) atoms. The van der Waals surface area contributed by atoms with Crippen molar-refractivity contribution in [2.24, 2.45) is 5.10 Å². The van der Waals surface area contributed by atoms with Crippen molar-refractivity contribution < 1.29 is 4.74 Å². The van der Waals surface area contributed by atoms with Gasteiger partial charge in [0.1, 0.15) is 11.4 Å². The molecule has 0 radical (unpaired) electrons. The fourth-order valence-corrected chi connectivity index (χ4v) is 2.65. The first-order valence-electron chi connectivity index (χ1n) is 9.16. The Balaban J connectivity index is 1.42. The number of anilines is 1. The summed E-state index contributed by atoms with van der Waals surface area (Å²) in [6.07, 6.45) is 7.07. The summed E-state index contributed by atoms with van der Waals surface area (Å²) in [4.78, 5) is 0. The minimum atomic E-state index is 0.396. The Morgan fingerprint density at radius 3 is 2.72 bits per heavy atom. The zero-order valence-electron chi connectivity index (χ0n) is 16.0. The second-order valence-electron chi connectivity index (χ2n) is 5.99. The lowest BCUT2D eigenvalue weighted by Crippen LogP contribution is -2.23. The number of nitrogens with one attached hydrogen (secondary N) is 2. The quantitative estimate of drug-likeness (QED) is 0.337. The standard InChI is InChI=1S/C21H22N6OS/c1-2-28-20-12-10-18(11-13-20)23-21(29)25-22-14-6-9-19-16-27(26-24-19)15-17-7-4-3-5-8-17/h3-14,16H,2,15H2,1H3,(H2,23,25,29)/b9-6+,22-14-. The van der Waals surface area contributed by atoms with Crippen LogP contribution in [0, 0.1) is 0 Å². The van der Waals surface area contributed by atoms with Gasteiger partial charge in [-0.3, -0.25) is 5.43 Å². The molecular formula is C21H22N6OS. The third kappa shape index (κ3) is 6.86. The van der Waals surface area contributed by atoms with Crippen molar-refractivity contribution in [1.29, 1.82) is 0 Å². The average Bonchev–Trinajstić information content (AvgIpc) is 3.17. The fourth-order valence-electron chi connectivity index (χ4n) is 2.48. The number of hydrogen-bond acceptors (Lipinski definition) is 5. The van der Waals surface area contributed by atoms with Crippen molar-refractivity contribution in [3.63, 3.8) is 0 Å². The first-order valence-corrected chi connectivity index (χ1v) is 9.57. The van der Waals surface area contributed by atoms with E-state index in [1.54, 1.807) is 17.0 Å². The molecule has 0 spiro atoms. The SMILES string of the molecule is CCOc1ccc(NC(=S)N/N=C\C=C\c2cn(Cc3ccccc3)nn2)cc1. The molecule has 0 fully saturated rings. The van der Waals surface area contributed by atoms with Crippen molar-refractivity contribution in [2.45, 2.75) is 13.5 Å². The van der Waals surface area contributed by atoms with Gasteiger partial charge in [0.15, 0.2) is 5.11 Å². The number of ether oxygens (including phenoxy) is 1. The molecule has 0 atom stereocenters. The van der Waals surface area contributed by atoms with E-state index in [4.69, 9.17) is 17.0 Å². The van der Waals surface area contributed by atoms with Crippen LogP contribution in [0.3, 0.4) is 0 Å². The Morgan fingerprint density at radius 2 is 1.97 bits per heavy atom. The molecule has 0 amide bonds. The van der Waals surface area contributed by atoms with Crippen LogP contribution in [0.4, 0.5) is 5.69 Å². The monoisotopic (exact) mass is 406 g/mol. The van der Waals surface area contributed by atoms with Gasteiger partial charge >= 0.3 is 0 Å². The molecule has 3 aromatic rings. The second kappa shape index (κ2) is 10.7. The molecule has 2 N–H and O–H groups in total. The van der Waals surface area contributed by atoms with Crippen LogP contribution in [0.25, 0.3) is 6.08 Å². The smallest absolute Gasteiger partial charge is 0.191 e. The van der Waals surface area contributed by atoms with Crippen molar-refractivity contribution in [3.05, 3.63) is 78.1 Å². The van der Waals surface area contributed by atoms with Crippen LogP contribution >= 0.6 is 12.2 Å². The molecule has 0 aliphatic carbocycles. The molecule has 7 nitrogen and oxygen atoms in total. The molecule has 1 aromatic heterocycles. The van der Waals surface area contributed by atoms with Crippen LogP contribution in [-0.2, 0) is 6.54 Å². The molecular weight excluding hydrogens is 384 g/mol. The predicted molar refractivity (Wildman–Crippen MR) is 120 cm³/mol. The maximum atomic E-state index is 5.41. The summed E-state index contributed by atoms with van der Waals surface area (Å²) in [5.41, 5.74) is 5.54. The van der Waals surface area contributed by atoms with Crippen molar-refractivity contribution >= 4 is 35.3 Å². The molecule has 3 rings (SSSR count). The van der Waals surface area contributed by atoms with Crippen molar-refractivity contribution in [3.8, 4) is 5.75 Å². The maximum absolute atomic E-state index is 5.41. The minimum Gasteiger partial charge on any atom is -0.494 e. The van der Waals surface area contributed by atoms with Crippen LogP contribution in [0.15, 0.2) is 72.0 Å². The molecule has 0 aliphatic heterocycles. The fraction of sp³-hybridized carbons (Fsp3) is 0.143. The van der Waals surface area contributed by atoms with E-state index in [9.17, 15) is 0 Å². The minimum absolute atomic E-state index is 0.396. The van der Waals surface area contributed by atoms with Crippen LogP contribution in [0.2, 0.25) is 0 Å². The Bertz CT molecular complexity index is 966. The number of thiocarbonyl (C=S) groups is 1. The third-order valence-electron chi connectivity index (χ3n) is 3.76. The molecule has 0 aliphatic rings. The zero-order chi connectivity index (χ0) is 20.3. The highest BCUT2D eigenvalue weighted by molar-refractivity contribution is 7.80. The Labute approximate surface area is 175 Å². The van der Waals surface area contributed by atoms with E-state index >= 15 is 0 Å². The van der Waals surface area contributed by atoms with Gasteiger partial charge in [0.05, 0.1) is 19.3 Å². The highest BCUT2D eigenvalue weighted by Crippen LogP contribution is 2.15. The highest BCUT2D eigenvalue weighted by atomic mass is 32.1. The summed E-state index contributed by atoms with van der Waals surface area (Å²) in [5.74, 6) is 0.820. The van der Waals surface area contributed by atoms with Gasteiger partial charge in [-0.1, -0.05) is 35.5 Å². The summed E-state index contributed by atoms with van der Waals surface area (Å²) < 4.78 is 7.20. The number of aromatic nitrogens is 3. The molecule has 0 saturated heterocycles. The summed E-state index contributed by atoms with van der Waals surface area (Å²) in [6, 6.07) is 17.7. The van der Waals surface area contributed by atoms with Gasteiger partial charge in [0.25, 0.3) is 0 Å². The van der Waals surface area contributed by atoms with Crippen molar-refractivity contribution in [2.75, 3.05) is 11.9 Å². The predicted octanol–water partition coefficient (Wildman–Crippen LogP) is 3.71. The van der Waals surface area contributed by atoms with E-state index < -0.39 is 0 Å². The number of allylic oxidation sites excluding steroid dienone is 1. The van der Waals surface area contributed by atoms with Gasteiger partial charge in [0, 0.05) is 11.9 Å². The normalized spacial score (nSPS) is 11.1. The highest BCUT2D eigenvalue weighted by Gasteiger charge is 1.99. The van der Waals surface area contributed by atoms with E-state index in [1.165, 1.54) is 5.56 Å². The number of benzene rings is 2. The Kier molecular flexibility index (Phi) is 7.48. The zero-order valence-corrected chi connectivity index (χ0v) is 16.8. The van der Waals surface area contributed by atoms with E-state index in [0.29, 0.717) is 18.3 Å². The number of hydrogen-bond donors (Lipinski definition) is 2. The maximum Gasteiger partial charge on any atom is 0.191 e. The molecule has 2 aromatic carbocycles. The Hall–Kier alpha value is -3.52. The van der Waals surface area contributed by atoms with E-state index in [0.717, 1.165) is 17.1 Å². The van der Waals surface area contributed by atoms with Gasteiger partial charge in [-0.2, -0.15) is 5.10 Å². The van der Waals surface area contributed by atoms with E-state index in [-0.39, 0.29) is 0 Å². The molecule has 1 heterocycles. The van der Waals surface area contributed by atoms with Gasteiger partial charge < -0.3 is 10.1 Å². The van der Waals surface area contributed by atoms with Gasteiger partial charge in [0.2, 0.25) is 0 Å². The largest absolute Gasteiger partial charge is 0.494 e. The molecule has 0 bridgehead atoms. The van der Waals surface area contributed by atoms with Crippen LogP contribution in [0.1, 0.15) is 18.2 Å². The number of hydrazone groups is 1. The topological polar surface area (TPSA) is 76.4 Å². The average molecular weight is 407 g/mol. The van der Waals surface area contributed by atoms with E-state index in [1.807, 2.05) is 61.7 Å². The summed E-state index contributed by atoms with van der Waals surface area (Å²) in [7, 11) is 0. The lowest BCUT2D eigenvalue weighted by molar-refractivity contribution is 0.340. The van der Waals surface area contributed by atoms with Crippen LogP contribution in [-0.4, -0.2) is 32.9 Å². The molecule has 0 unspecified atom stereocenters. The Morgan fingerprint density at radius 1 is 1.17 bits per heavy atom. The second-order valence-corrected chi connectivity index (χ2v) is 6.40. The third-order valence-corrected chi connectivity index (χ3v) is 3.95. The van der Waals surface area contributed by atoms with Crippen LogP contribution in [0.5, 0.6) is 5.75 Å². The van der Waals surface area contributed by atoms with Gasteiger partial charge in [-0.25, -0.2) is 4.68 Å². The van der Waals surface area contributed by atoms with Crippen molar-refractivity contribution in [1.82, 2.24) is 20.4 Å². The molecule has 8 heteroatoms. The number of rotatable bonds is 8. The number of nitrogens with zero attached hydrogens (tertiary/aromatic N) is 4. The summed E-state index contributed by atoms with van der Waals surface area (Å²) in [6.45, 7) is 3.27. The van der Waals surface area contributed by atoms with Crippen LogP contribution < -0.4 is 15.5 Å². The summed E-state index contributed by atoms with van der Waals surface area (Å²) in [5, 5.41) is 15.7.